The molecule has 0 aliphatic heterocycles. The number of aromatic nitrogens is 2. The van der Waals surface area contributed by atoms with Crippen LogP contribution in [0.25, 0.3) is 17.3 Å². The van der Waals surface area contributed by atoms with E-state index in [1.165, 1.54) is 43.3 Å². The summed E-state index contributed by atoms with van der Waals surface area (Å²) >= 11 is 0. The summed E-state index contributed by atoms with van der Waals surface area (Å²) in [4.78, 5) is 0. The highest BCUT2D eigenvalue weighted by atomic mass is 19.4. The lowest BCUT2D eigenvalue weighted by molar-refractivity contribution is -0.142. The quantitative estimate of drug-likeness (QED) is 0.335. The molecule has 0 unspecified atom stereocenters. The van der Waals surface area contributed by atoms with Gasteiger partial charge in [0.05, 0.1) is 23.0 Å². The van der Waals surface area contributed by atoms with Crippen LogP contribution in [-0.4, -0.2) is 9.78 Å². The number of nitriles is 1. The van der Waals surface area contributed by atoms with Gasteiger partial charge in [-0.3, -0.25) is 0 Å². The van der Waals surface area contributed by atoms with E-state index in [9.17, 15) is 27.2 Å². The van der Waals surface area contributed by atoms with E-state index in [4.69, 9.17) is 0 Å². The van der Waals surface area contributed by atoms with Gasteiger partial charge in [0.25, 0.3) is 0 Å². The average Bonchev–Trinajstić information content (AvgIpc) is 3.05. The fourth-order valence-corrected chi connectivity index (χ4v) is 2.62. The van der Waals surface area contributed by atoms with Crippen molar-refractivity contribution in [1.29, 1.82) is 5.26 Å². The minimum Gasteiger partial charge on any atom is -0.228 e. The maximum Gasteiger partial charge on any atom is 0.433 e. The van der Waals surface area contributed by atoms with Crippen molar-refractivity contribution >= 4 is 11.6 Å². The number of alkyl halides is 3. The second-order valence-electron chi connectivity index (χ2n) is 5.97. The first-order valence-electron chi connectivity index (χ1n) is 8.00. The molecule has 3 aromatic rings. The Morgan fingerprint density at radius 2 is 1.71 bits per heavy atom. The summed E-state index contributed by atoms with van der Waals surface area (Å²) in [6.07, 6.45) is -3.13. The van der Waals surface area contributed by atoms with Gasteiger partial charge >= 0.3 is 6.18 Å². The summed E-state index contributed by atoms with van der Waals surface area (Å²) in [7, 11) is 0. The van der Waals surface area contributed by atoms with Gasteiger partial charge in [-0.2, -0.15) is 23.5 Å². The van der Waals surface area contributed by atoms with Gasteiger partial charge in [-0.05, 0) is 54.5 Å². The fourth-order valence-electron chi connectivity index (χ4n) is 2.62. The third-order valence-corrected chi connectivity index (χ3v) is 3.92. The van der Waals surface area contributed by atoms with Crippen molar-refractivity contribution in [3.05, 3.63) is 82.7 Å². The molecule has 0 saturated heterocycles. The molecule has 3 nitrogen and oxygen atoms in total. The van der Waals surface area contributed by atoms with E-state index in [0.29, 0.717) is 5.56 Å². The van der Waals surface area contributed by atoms with Gasteiger partial charge in [0.2, 0.25) is 0 Å². The van der Waals surface area contributed by atoms with E-state index >= 15 is 0 Å². The van der Waals surface area contributed by atoms with Crippen LogP contribution in [-0.2, 0) is 6.18 Å². The zero-order valence-corrected chi connectivity index (χ0v) is 14.4. The minimum absolute atomic E-state index is 0.0811. The van der Waals surface area contributed by atoms with Crippen LogP contribution in [0.15, 0.2) is 48.5 Å². The Morgan fingerprint density at radius 3 is 2.29 bits per heavy atom. The standard InChI is InChI=1S/C20H12F5N3/c1-12-8-19(20(23,24)25)28(27-12)16-5-2-13(3-6-16)9-15(11-26)14-4-7-17(21)18(22)10-14/h2-10H,1H3/b15-9+. The van der Waals surface area contributed by atoms with Crippen LogP contribution in [0.2, 0.25) is 0 Å². The van der Waals surface area contributed by atoms with Crippen molar-refractivity contribution < 1.29 is 22.0 Å². The van der Waals surface area contributed by atoms with Gasteiger partial charge < -0.3 is 0 Å². The van der Waals surface area contributed by atoms with Gasteiger partial charge in [0.1, 0.15) is 5.69 Å². The summed E-state index contributed by atoms with van der Waals surface area (Å²) in [5.74, 6) is -2.11. The molecular weight excluding hydrogens is 377 g/mol. The molecule has 3 rings (SSSR count). The Kier molecular flexibility index (Phi) is 5.01. The molecule has 0 saturated carbocycles. The van der Waals surface area contributed by atoms with Crippen LogP contribution in [0.5, 0.6) is 0 Å². The second-order valence-corrected chi connectivity index (χ2v) is 5.97. The molecule has 28 heavy (non-hydrogen) atoms. The topological polar surface area (TPSA) is 41.6 Å². The zero-order chi connectivity index (χ0) is 20.5. The molecule has 1 heterocycles. The number of nitrogens with zero attached hydrogens (tertiary/aromatic N) is 3. The lowest BCUT2D eigenvalue weighted by Crippen LogP contribution is -2.13. The number of halogens is 5. The first-order chi connectivity index (χ1) is 13.2. The molecule has 0 radical (unpaired) electrons. The molecule has 0 N–H and O–H groups in total. The van der Waals surface area contributed by atoms with Gasteiger partial charge in [-0.25, -0.2) is 13.5 Å². The van der Waals surface area contributed by atoms with Crippen LogP contribution in [0, 0.1) is 29.9 Å². The lowest BCUT2D eigenvalue weighted by atomic mass is 10.0. The van der Waals surface area contributed by atoms with Crippen molar-refractivity contribution in [1.82, 2.24) is 9.78 Å². The monoisotopic (exact) mass is 389 g/mol. The number of benzene rings is 2. The Labute approximate surface area is 157 Å². The molecule has 1 aromatic heterocycles. The van der Waals surface area contributed by atoms with E-state index in [1.54, 1.807) is 0 Å². The third-order valence-electron chi connectivity index (χ3n) is 3.92. The molecule has 2 aromatic carbocycles. The van der Waals surface area contributed by atoms with Gasteiger partial charge in [-0.15, -0.1) is 0 Å². The van der Waals surface area contributed by atoms with Crippen molar-refractivity contribution in [2.24, 2.45) is 0 Å². The largest absolute Gasteiger partial charge is 0.433 e. The predicted molar refractivity (Wildman–Crippen MR) is 93.1 cm³/mol. The Morgan fingerprint density at radius 1 is 1.04 bits per heavy atom. The van der Waals surface area contributed by atoms with E-state index in [1.807, 2.05) is 6.07 Å². The number of rotatable bonds is 3. The summed E-state index contributed by atoms with van der Waals surface area (Å²) in [5.41, 5.74) is 0.297. The molecule has 0 aliphatic rings. The normalized spacial score (nSPS) is 12.1. The Hall–Kier alpha value is -3.47. The van der Waals surface area contributed by atoms with Crippen molar-refractivity contribution in [3.63, 3.8) is 0 Å². The molecule has 0 bridgehead atoms. The van der Waals surface area contributed by atoms with E-state index in [-0.39, 0.29) is 22.5 Å². The summed E-state index contributed by atoms with van der Waals surface area (Å²) in [6, 6.07) is 11.8. The Balaban J connectivity index is 1.96. The maximum absolute atomic E-state index is 13.4. The smallest absolute Gasteiger partial charge is 0.228 e. The zero-order valence-electron chi connectivity index (χ0n) is 14.4. The van der Waals surface area contributed by atoms with Crippen LogP contribution >= 0.6 is 0 Å². The SMILES string of the molecule is Cc1cc(C(F)(F)F)n(-c2ccc(/C=C(\C#N)c3ccc(F)c(F)c3)cc2)n1. The lowest BCUT2D eigenvalue weighted by Gasteiger charge is -2.10. The van der Waals surface area contributed by atoms with Gasteiger partial charge in [0, 0.05) is 0 Å². The number of allylic oxidation sites excluding steroid dienone is 1. The molecular formula is C20H12F5N3. The van der Waals surface area contributed by atoms with Gasteiger partial charge in [-0.1, -0.05) is 18.2 Å². The number of hydrogen-bond acceptors (Lipinski definition) is 2. The molecule has 0 fully saturated rings. The predicted octanol–water partition coefficient (Wildman–Crippen LogP) is 5.54. The maximum atomic E-state index is 13.4. The summed E-state index contributed by atoms with van der Waals surface area (Å²) < 4.78 is 66.6. The van der Waals surface area contributed by atoms with E-state index in [2.05, 4.69) is 5.10 Å². The number of hydrogen-bond donors (Lipinski definition) is 0. The van der Waals surface area contributed by atoms with E-state index in [0.717, 1.165) is 22.9 Å². The fraction of sp³-hybridized carbons (Fsp3) is 0.100. The first kappa shape index (κ1) is 19.3. The van der Waals surface area contributed by atoms with Crippen LogP contribution in [0.4, 0.5) is 22.0 Å². The molecule has 0 aliphatic carbocycles. The van der Waals surface area contributed by atoms with Crippen LogP contribution in [0.1, 0.15) is 22.5 Å². The van der Waals surface area contributed by atoms with Crippen molar-refractivity contribution in [2.75, 3.05) is 0 Å². The van der Waals surface area contributed by atoms with Gasteiger partial charge in [0.15, 0.2) is 11.6 Å². The van der Waals surface area contributed by atoms with Crippen molar-refractivity contribution in [3.8, 4) is 11.8 Å². The molecule has 0 amide bonds. The highest BCUT2D eigenvalue weighted by Gasteiger charge is 2.35. The first-order valence-corrected chi connectivity index (χ1v) is 8.00. The molecule has 0 spiro atoms. The highest BCUT2D eigenvalue weighted by molar-refractivity contribution is 5.89. The number of aryl methyl sites for hydroxylation is 1. The van der Waals surface area contributed by atoms with Crippen LogP contribution in [0.3, 0.4) is 0 Å². The highest BCUT2D eigenvalue weighted by Crippen LogP contribution is 2.31. The summed E-state index contributed by atoms with van der Waals surface area (Å²) in [5, 5.41) is 13.2. The molecule has 0 atom stereocenters. The average molecular weight is 389 g/mol. The molecule has 142 valence electrons. The van der Waals surface area contributed by atoms with Crippen molar-refractivity contribution in [2.45, 2.75) is 13.1 Å². The summed E-state index contributed by atoms with van der Waals surface area (Å²) in [6.45, 7) is 1.46. The second kappa shape index (κ2) is 7.27. The van der Waals surface area contributed by atoms with E-state index < -0.39 is 23.5 Å². The third kappa shape index (κ3) is 3.93. The minimum atomic E-state index is -4.56. The molecule has 8 heteroatoms. The van der Waals surface area contributed by atoms with Crippen LogP contribution < -0.4 is 0 Å². The Bertz CT molecular complexity index is 1090.